The van der Waals surface area contributed by atoms with Gasteiger partial charge in [0.2, 0.25) is 6.69 Å². The first kappa shape index (κ1) is 34.8. The van der Waals surface area contributed by atoms with Gasteiger partial charge in [0, 0.05) is 0 Å². The molecule has 0 aromatic carbocycles. The number of halogens is 2. The number of hydrogen-bond donors (Lipinski definition) is 1. The fourth-order valence-electron chi connectivity index (χ4n) is 5.00. The van der Waals surface area contributed by atoms with E-state index >= 15 is 0 Å². The van der Waals surface area contributed by atoms with Crippen molar-refractivity contribution in [3.63, 3.8) is 0 Å². The number of rotatable bonds is 29. The second-order valence-electron chi connectivity index (χ2n) is 11.2. The maximum atomic E-state index is 6.15. The highest BCUT2D eigenvalue weighted by molar-refractivity contribution is 7.44. The minimum absolute atomic E-state index is 0.870. The Labute approximate surface area is 226 Å². The third-order valence-electron chi connectivity index (χ3n) is 7.32. The van der Waals surface area contributed by atoms with Crippen molar-refractivity contribution >= 4 is 28.9 Å². The van der Waals surface area contributed by atoms with Gasteiger partial charge in [-0.15, -0.1) is 22.2 Å². The summed E-state index contributed by atoms with van der Waals surface area (Å²) in [5, 5.41) is 0. The molecule has 0 heterocycles. The molecule has 0 aliphatic heterocycles. The SMILES string of the molecule is C[Si](Cl)(Cl)CCCCCCCCCCCCCCCCCCCCCCCCCCCCCN. The third-order valence-corrected chi connectivity index (χ3v) is 9.69. The van der Waals surface area contributed by atoms with Crippen LogP contribution in [-0.2, 0) is 0 Å². The van der Waals surface area contributed by atoms with Crippen molar-refractivity contribution in [3.8, 4) is 0 Å². The number of nitrogens with two attached hydrogens (primary N) is 1. The molecule has 34 heavy (non-hydrogen) atoms. The Hall–Kier alpha value is 0.757. The Morgan fingerprint density at radius 1 is 0.353 bits per heavy atom. The van der Waals surface area contributed by atoms with Crippen molar-refractivity contribution < 1.29 is 0 Å². The van der Waals surface area contributed by atoms with Gasteiger partial charge in [0.1, 0.15) is 0 Å². The Balaban J connectivity index is 3.03. The van der Waals surface area contributed by atoms with E-state index in [9.17, 15) is 0 Å². The van der Waals surface area contributed by atoms with E-state index in [0.29, 0.717) is 0 Å². The summed E-state index contributed by atoms with van der Waals surface area (Å²) in [6.07, 6.45) is 38.5. The molecule has 0 aromatic rings. The lowest BCUT2D eigenvalue weighted by Gasteiger charge is -2.09. The van der Waals surface area contributed by atoms with Crippen molar-refractivity contribution in [1.82, 2.24) is 0 Å². The molecule has 0 saturated carbocycles. The van der Waals surface area contributed by atoms with E-state index in [1.807, 2.05) is 6.55 Å². The maximum Gasteiger partial charge on any atom is 0.248 e. The fourth-order valence-corrected chi connectivity index (χ4v) is 6.67. The van der Waals surface area contributed by atoms with Gasteiger partial charge in [-0.1, -0.05) is 167 Å². The maximum absolute atomic E-state index is 6.15. The molecule has 206 valence electrons. The molecule has 1 nitrogen and oxygen atoms in total. The second kappa shape index (κ2) is 28.3. The van der Waals surface area contributed by atoms with Crippen molar-refractivity contribution in [2.24, 2.45) is 5.73 Å². The monoisotopic (exact) mass is 535 g/mol. The van der Waals surface area contributed by atoms with Crippen LogP contribution in [0.25, 0.3) is 0 Å². The first-order valence-corrected chi connectivity index (χ1v) is 20.4. The predicted molar refractivity (Wildman–Crippen MR) is 162 cm³/mol. The van der Waals surface area contributed by atoms with Crippen LogP contribution in [0.5, 0.6) is 0 Å². The lowest BCUT2D eigenvalue weighted by Crippen LogP contribution is -2.11. The summed E-state index contributed by atoms with van der Waals surface area (Å²) < 4.78 is 0. The average Bonchev–Trinajstić information content (AvgIpc) is 2.80. The van der Waals surface area contributed by atoms with Crippen LogP contribution in [0.2, 0.25) is 12.6 Å². The molecule has 0 saturated heterocycles. The molecular formula is C30H63Cl2NSi. The molecule has 0 rings (SSSR count). The van der Waals surface area contributed by atoms with Gasteiger partial charge in [0.05, 0.1) is 0 Å². The molecule has 0 radical (unpaired) electrons. The van der Waals surface area contributed by atoms with E-state index in [-0.39, 0.29) is 0 Å². The summed E-state index contributed by atoms with van der Waals surface area (Å²) in [5.41, 5.74) is 5.54. The van der Waals surface area contributed by atoms with Crippen molar-refractivity contribution in [2.75, 3.05) is 6.54 Å². The van der Waals surface area contributed by atoms with Crippen LogP contribution in [0.1, 0.15) is 173 Å². The van der Waals surface area contributed by atoms with Gasteiger partial charge in [-0.25, -0.2) is 0 Å². The van der Waals surface area contributed by atoms with Crippen LogP contribution >= 0.6 is 22.2 Å². The molecular weight excluding hydrogens is 473 g/mol. The van der Waals surface area contributed by atoms with Gasteiger partial charge in [0.25, 0.3) is 0 Å². The molecule has 4 heteroatoms. The van der Waals surface area contributed by atoms with E-state index in [1.54, 1.807) is 0 Å². The average molecular weight is 537 g/mol. The smallest absolute Gasteiger partial charge is 0.248 e. The fraction of sp³-hybridized carbons (Fsp3) is 1.00. The summed E-state index contributed by atoms with van der Waals surface area (Å²) in [4.78, 5) is 0. The van der Waals surface area contributed by atoms with Crippen LogP contribution < -0.4 is 5.73 Å². The van der Waals surface area contributed by atoms with E-state index in [1.165, 1.54) is 173 Å². The molecule has 0 atom stereocenters. The van der Waals surface area contributed by atoms with Gasteiger partial charge in [-0.05, 0) is 25.6 Å². The van der Waals surface area contributed by atoms with Crippen LogP contribution in [0.4, 0.5) is 0 Å². The van der Waals surface area contributed by atoms with Crippen molar-refractivity contribution in [2.45, 2.75) is 186 Å². The molecule has 0 aromatic heterocycles. The highest BCUT2D eigenvalue weighted by Gasteiger charge is 2.19. The molecule has 0 aliphatic carbocycles. The largest absolute Gasteiger partial charge is 0.330 e. The second-order valence-corrected chi connectivity index (χ2v) is 19.4. The van der Waals surface area contributed by atoms with Crippen LogP contribution in [0, 0.1) is 0 Å². The van der Waals surface area contributed by atoms with Gasteiger partial charge in [-0.3, -0.25) is 0 Å². The summed E-state index contributed by atoms with van der Waals surface area (Å²) in [5.74, 6) is 0. The molecule has 0 aliphatic rings. The predicted octanol–water partition coefficient (Wildman–Crippen LogP) is 12.0. The Morgan fingerprint density at radius 3 is 0.706 bits per heavy atom. The zero-order valence-corrected chi connectivity index (χ0v) is 25.9. The lowest BCUT2D eigenvalue weighted by molar-refractivity contribution is 0.515. The minimum Gasteiger partial charge on any atom is -0.330 e. The minimum atomic E-state index is -1.84. The van der Waals surface area contributed by atoms with Crippen LogP contribution in [-0.4, -0.2) is 13.2 Å². The van der Waals surface area contributed by atoms with Gasteiger partial charge >= 0.3 is 0 Å². The summed E-state index contributed by atoms with van der Waals surface area (Å²) in [6, 6.07) is 1.06. The van der Waals surface area contributed by atoms with E-state index in [0.717, 1.165) is 12.6 Å². The van der Waals surface area contributed by atoms with Crippen LogP contribution in [0.3, 0.4) is 0 Å². The standard InChI is InChI=1S/C30H63Cl2NSi/c1-34(31,32)30-28-26-24-22-20-18-16-14-12-10-8-6-4-2-3-5-7-9-11-13-15-17-19-21-23-25-27-29-33/h2-30,33H2,1H3. The molecule has 0 fully saturated rings. The highest BCUT2D eigenvalue weighted by Crippen LogP contribution is 2.23. The normalized spacial score (nSPS) is 12.0. The molecule has 0 unspecified atom stereocenters. The molecule has 0 amide bonds. The topological polar surface area (TPSA) is 26.0 Å². The third kappa shape index (κ3) is 32.8. The highest BCUT2D eigenvalue weighted by atomic mass is 35.7. The number of unbranched alkanes of at least 4 members (excludes halogenated alkanes) is 26. The first-order chi connectivity index (χ1) is 16.6. The molecule has 2 N–H and O–H groups in total. The van der Waals surface area contributed by atoms with E-state index in [4.69, 9.17) is 27.9 Å². The quantitative estimate of drug-likeness (QED) is 0.0574. The van der Waals surface area contributed by atoms with Crippen LogP contribution in [0.15, 0.2) is 0 Å². The lowest BCUT2D eigenvalue weighted by atomic mass is 10.0. The zero-order valence-electron chi connectivity index (χ0n) is 23.3. The van der Waals surface area contributed by atoms with E-state index in [2.05, 4.69) is 0 Å². The van der Waals surface area contributed by atoms with Gasteiger partial charge in [0.15, 0.2) is 0 Å². The van der Waals surface area contributed by atoms with Crippen molar-refractivity contribution in [3.05, 3.63) is 0 Å². The Morgan fingerprint density at radius 2 is 0.529 bits per heavy atom. The summed E-state index contributed by atoms with van der Waals surface area (Å²) in [7, 11) is 0. The molecule has 0 spiro atoms. The van der Waals surface area contributed by atoms with Gasteiger partial charge in [-0.2, -0.15) is 0 Å². The Kier molecular flexibility index (Phi) is 29.0. The van der Waals surface area contributed by atoms with E-state index < -0.39 is 6.69 Å². The Bertz CT molecular complexity index is 373. The first-order valence-electron chi connectivity index (χ1n) is 15.6. The summed E-state index contributed by atoms with van der Waals surface area (Å²) >= 11 is 12.3. The number of hydrogen-bond acceptors (Lipinski definition) is 1. The summed E-state index contributed by atoms with van der Waals surface area (Å²) in [6.45, 7) is 1.07. The van der Waals surface area contributed by atoms with Crippen molar-refractivity contribution in [1.29, 1.82) is 0 Å². The zero-order chi connectivity index (χ0) is 25.0. The van der Waals surface area contributed by atoms with Gasteiger partial charge < -0.3 is 5.73 Å². The molecule has 0 bridgehead atoms.